The maximum Gasteiger partial charge on any atom is 0.339 e. The van der Waals surface area contributed by atoms with Gasteiger partial charge in [0.1, 0.15) is 23.7 Å². The van der Waals surface area contributed by atoms with E-state index in [4.69, 9.17) is 9.47 Å². The Labute approximate surface area is 122 Å². The maximum absolute atomic E-state index is 11.2. The van der Waals surface area contributed by atoms with Crippen molar-refractivity contribution in [2.24, 2.45) is 0 Å². The van der Waals surface area contributed by atoms with Gasteiger partial charge in [-0.25, -0.2) is 9.78 Å². The van der Waals surface area contributed by atoms with E-state index in [0.29, 0.717) is 5.75 Å². The van der Waals surface area contributed by atoms with Gasteiger partial charge >= 0.3 is 5.97 Å². The molecule has 2 aromatic rings. The fraction of sp³-hybridized carbons (Fsp3) is 0.333. The summed E-state index contributed by atoms with van der Waals surface area (Å²) >= 11 is 0. The average molecular weight is 290 g/mol. The van der Waals surface area contributed by atoms with E-state index in [2.05, 4.69) is 4.98 Å². The number of aromatic nitrogens is 2. The zero-order chi connectivity index (χ0) is 15.4. The van der Waals surface area contributed by atoms with Gasteiger partial charge in [-0.1, -0.05) is 0 Å². The lowest BCUT2D eigenvalue weighted by atomic mass is 10.2. The molecular weight excluding hydrogens is 272 g/mol. The van der Waals surface area contributed by atoms with Gasteiger partial charge in [0.05, 0.1) is 25.3 Å². The van der Waals surface area contributed by atoms with Gasteiger partial charge in [0.25, 0.3) is 0 Å². The Kier molecular flexibility index (Phi) is 4.47. The van der Waals surface area contributed by atoms with Crippen LogP contribution in [0.15, 0.2) is 30.7 Å². The normalized spacial score (nSPS) is 10.7. The van der Waals surface area contributed by atoms with E-state index in [1.54, 1.807) is 24.7 Å². The smallest absolute Gasteiger partial charge is 0.339 e. The molecule has 6 heteroatoms. The quantitative estimate of drug-likeness (QED) is 0.885. The SMILES string of the molecule is COc1ccc(C(=O)O)c(OCc2cncn2C(C)C)c1. The second-order valence-corrected chi connectivity index (χ2v) is 4.84. The van der Waals surface area contributed by atoms with E-state index in [-0.39, 0.29) is 24.0 Å². The lowest BCUT2D eigenvalue weighted by molar-refractivity contribution is 0.0691. The van der Waals surface area contributed by atoms with Crippen molar-refractivity contribution in [1.29, 1.82) is 0 Å². The third kappa shape index (κ3) is 3.34. The first-order chi connectivity index (χ1) is 10.0. The van der Waals surface area contributed by atoms with Gasteiger partial charge in [-0.2, -0.15) is 0 Å². The van der Waals surface area contributed by atoms with Gasteiger partial charge < -0.3 is 19.1 Å². The molecule has 21 heavy (non-hydrogen) atoms. The second-order valence-electron chi connectivity index (χ2n) is 4.84. The van der Waals surface area contributed by atoms with Crippen LogP contribution in [-0.2, 0) is 6.61 Å². The zero-order valence-electron chi connectivity index (χ0n) is 12.2. The molecule has 112 valence electrons. The molecule has 0 aliphatic rings. The fourth-order valence-electron chi connectivity index (χ4n) is 1.99. The van der Waals surface area contributed by atoms with Gasteiger partial charge in [-0.15, -0.1) is 0 Å². The summed E-state index contributed by atoms with van der Waals surface area (Å²) in [6.45, 7) is 4.32. The number of aromatic carboxylic acids is 1. The molecule has 1 N–H and O–H groups in total. The van der Waals surface area contributed by atoms with Gasteiger partial charge in [-0.3, -0.25) is 0 Å². The van der Waals surface area contributed by atoms with Crippen LogP contribution in [0.1, 0.15) is 35.9 Å². The first-order valence-corrected chi connectivity index (χ1v) is 6.57. The number of benzene rings is 1. The van der Waals surface area contributed by atoms with Crippen LogP contribution in [0.5, 0.6) is 11.5 Å². The Morgan fingerprint density at radius 2 is 2.19 bits per heavy atom. The van der Waals surface area contributed by atoms with Crippen molar-refractivity contribution >= 4 is 5.97 Å². The Hall–Kier alpha value is -2.50. The number of ether oxygens (including phenoxy) is 2. The van der Waals surface area contributed by atoms with Crippen molar-refractivity contribution in [2.75, 3.05) is 7.11 Å². The molecule has 0 saturated carbocycles. The number of nitrogens with zero attached hydrogens (tertiary/aromatic N) is 2. The molecule has 0 spiro atoms. The van der Waals surface area contributed by atoms with E-state index in [1.165, 1.54) is 13.2 Å². The molecule has 0 bridgehead atoms. The predicted octanol–water partition coefficient (Wildman–Crippen LogP) is 2.75. The molecule has 1 aromatic carbocycles. The monoisotopic (exact) mass is 290 g/mol. The van der Waals surface area contributed by atoms with E-state index >= 15 is 0 Å². The second kappa shape index (κ2) is 6.30. The number of methoxy groups -OCH3 is 1. The van der Waals surface area contributed by atoms with Crippen LogP contribution < -0.4 is 9.47 Å². The predicted molar refractivity (Wildman–Crippen MR) is 76.9 cm³/mol. The molecule has 0 unspecified atom stereocenters. The molecule has 0 radical (unpaired) electrons. The van der Waals surface area contributed by atoms with Gasteiger partial charge in [-0.05, 0) is 26.0 Å². The topological polar surface area (TPSA) is 73.6 Å². The first-order valence-electron chi connectivity index (χ1n) is 6.57. The van der Waals surface area contributed by atoms with Crippen molar-refractivity contribution in [1.82, 2.24) is 9.55 Å². The van der Waals surface area contributed by atoms with Crippen molar-refractivity contribution in [2.45, 2.75) is 26.5 Å². The first kappa shape index (κ1) is 14.9. The van der Waals surface area contributed by atoms with Crippen LogP contribution in [0.25, 0.3) is 0 Å². The highest BCUT2D eigenvalue weighted by atomic mass is 16.5. The Morgan fingerprint density at radius 1 is 1.43 bits per heavy atom. The van der Waals surface area contributed by atoms with E-state index in [9.17, 15) is 9.90 Å². The van der Waals surface area contributed by atoms with Gasteiger partial charge in [0, 0.05) is 12.1 Å². The van der Waals surface area contributed by atoms with E-state index < -0.39 is 5.97 Å². The standard InChI is InChI=1S/C15H18N2O4/c1-10(2)17-9-16-7-11(17)8-21-14-6-12(20-3)4-5-13(14)15(18)19/h4-7,9-10H,8H2,1-3H3,(H,18,19). The number of rotatable bonds is 6. The molecular formula is C15H18N2O4. The van der Waals surface area contributed by atoms with Crippen LogP contribution in [0.4, 0.5) is 0 Å². The summed E-state index contributed by atoms with van der Waals surface area (Å²) < 4.78 is 12.7. The lowest BCUT2D eigenvalue weighted by Crippen LogP contribution is -2.09. The molecule has 0 aliphatic heterocycles. The summed E-state index contributed by atoms with van der Waals surface area (Å²) in [5.41, 5.74) is 0.982. The highest BCUT2D eigenvalue weighted by molar-refractivity contribution is 5.91. The lowest BCUT2D eigenvalue weighted by Gasteiger charge is -2.14. The maximum atomic E-state index is 11.2. The highest BCUT2D eigenvalue weighted by Crippen LogP contribution is 2.26. The van der Waals surface area contributed by atoms with Crippen LogP contribution >= 0.6 is 0 Å². The number of hydrogen-bond acceptors (Lipinski definition) is 4. The third-order valence-electron chi connectivity index (χ3n) is 3.10. The Morgan fingerprint density at radius 3 is 2.81 bits per heavy atom. The van der Waals surface area contributed by atoms with Crippen LogP contribution in [-0.4, -0.2) is 27.7 Å². The minimum absolute atomic E-state index is 0.103. The summed E-state index contributed by atoms with van der Waals surface area (Å²) in [6, 6.07) is 4.89. The number of carboxylic acids is 1. The number of hydrogen-bond donors (Lipinski definition) is 1. The molecule has 0 saturated heterocycles. The summed E-state index contributed by atoms with van der Waals surface area (Å²) in [5.74, 6) is -0.212. The van der Waals surface area contributed by atoms with E-state index in [1.807, 2.05) is 18.4 Å². The minimum atomic E-state index is -1.04. The Balaban J connectivity index is 2.22. The summed E-state index contributed by atoms with van der Waals surface area (Å²) in [4.78, 5) is 15.3. The fourth-order valence-corrected chi connectivity index (χ4v) is 1.99. The average Bonchev–Trinajstić information content (AvgIpc) is 2.93. The number of imidazole rings is 1. The van der Waals surface area contributed by atoms with Crippen molar-refractivity contribution in [3.8, 4) is 11.5 Å². The molecule has 0 fully saturated rings. The minimum Gasteiger partial charge on any atom is -0.497 e. The van der Waals surface area contributed by atoms with Crippen LogP contribution in [0.2, 0.25) is 0 Å². The summed E-state index contributed by atoms with van der Waals surface area (Å²) in [5, 5.41) is 9.19. The van der Waals surface area contributed by atoms with Gasteiger partial charge in [0.15, 0.2) is 0 Å². The van der Waals surface area contributed by atoms with Crippen LogP contribution in [0.3, 0.4) is 0 Å². The zero-order valence-corrected chi connectivity index (χ0v) is 12.2. The van der Waals surface area contributed by atoms with Crippen molar-refractivity contribution < 1.29 is 19.4 Å². The molecule has 1 aromatic heterocycles. The van der Waals surface area contributed by atoms with Crippen LogP contribution in [0, 0.1) is 0 Å². The summed E-state index contributed by atoms with van der Waals surface area (Å²) in [6.07, 6.45) is 3.44. The Bertz CT molecular complexity index is 634. The van der Waals surface area contributed by atoms with Crippen molar-refractivity contribution in [3.05, 3.63) is 42.0 Å². The molecule has 0 atom stereocenters. The molecule has 1 heterocycles. The number of carbonyl (C=O) groups is 1. The van der Waals surface area contributed by atoms with Gasteiger partial charge in [0.2, 0.25) is 0 Å². The highest BCUT2D eigenvalue weighted by Gasteiger charge is 2.14. The number of carboxylic acid groups (broad SMARTS) is 1. The molecule has 0 aliphatic carbocycles. The molecule has 2 rings (SSSR count). The molecule has 0 amide bonds. The summed E-state index contributed by atoms with van der Waals surface area (Å²) in [7, 11) is 1.52. The largest absolute Gasteiger partial charge is 0.497 e. The molecule has 6 nitrogen and oxygen atoms in total. The van der Waals surface area contributed by atoms with E-state index in [0.717, 1.165) is 5.69 Å². The third-order valence-corrected chi connectivity index (χ3v) is 3.10. The van der Waals surface area contributed by atoms with Crippen molar-refractivity contribution in [3.63, 3.8) is 0 Å².